The summed E-state index contributed by atoms with van der Waals surface area (Å²) in [5.41, 5.74) is 1.64. The maximum absolute atomic E-state index is 12.7. The van der Waals surface area contributed by atoms with Crippen LogP contribution in [0, 0.1) is 5.92 Å². The van der Waals surface area contributed by atoms with Gasteiger partial charge in [0.15, 0.2) is 0 Å². The minimum absolute atomic E-state index is 0.272. The first-order valence-electron chi connectivity index (χ1n) is 9.29. The van der Waals surface area contributed by atoms with E-state index >= 15 is 0 Å². The third-order valence-corrected chi connectivity index (χ3v) is 6.12. The van der Waals surface area contributed by atoms with Crippen molar-refractivity contribution in [3.05, 3.63) is 71.6 Å². The fourth-order valence-corrected chi connectivity index (χ4v) is 4.50. The number of hydrogen-bond acceptors (Lipinski definition) is 6. The molecule has 3 aromatic rings. The summed E-state index contributed by atoms with van der Waals surface area (Å²) in [4.78, 5) is 12.7. The SMILES string of the molecule is CC(C)C(NS(=O)(=O)C=Cc1ccccc1)C(=O)Nc1nnc(-c2ccccc2)s1. The predicted molar refractivity (Wildman–Crippen MR) is 120 cm³/mol. The summed E-state index contributed by atoms with van der Waals surface area (Å²) < 4.78 is 27.4. The first kappa shape index (κ1) is 21.8. The number of carbonyl (C=O) groups excluding carboxylic acids is 1. The fraction of sp³-hybridized carbons (Fsp3) is 0.190. The Hall–Kier alpha value is -2.88. The smallest absolute Gasteiger partial charge is 0.244 e. The number of sulfonamides is 1. The summed E-state index contributed by atoms with van der Waals surface area (Å²) in [5, 5.41) is 12.8. The lowest BCUT2D eigenvalue weighted by Gasteiger charge is -2.19. The molecule has 1 atom stereocenters. The first-order chi connectivity index (χ1) is 14.3. The predicted octanol–water partition coefficient (Wildman–Crippen LogP) is 3.76. The third kappa shape index (κ3) is 6.06. The summed E-state index contributed by atoms with van der Waals surface area (Å²) in [6.07, 6.45) is 1.48. The molecule has 0 aliphatic heterocycles. The highest BCUT2D eigenvalue weighted by Crippen LogP contribution is 2.26. The number of nitrogens with zero attached hydrogens (tertiary/aromatic N) is 2. The van der Waals surface area contributed by atoms with Crippen molar-refractivity contribution in [3.63, 3.8) is 0 Å². The lowest BCUT2D eigenvalue weighted by Crippen LogP contribution is -2.46. The largest absolute Gasteiger partial charge is 0.299 e. The number of hydrogen-bond donors (Lipinski definition) is 2. The van der Waals surface area contributed by atoms with Crippen molar-refractivity contribution in [2.24, 2.45) is 5.92 Å². The summed E-state index contributed by atoms with van der Waals surface area (Å²) in [5.74, 6) is -0.760. The van der Waals surface area contributed by atoms with Gasteiger partial charge in [0.2, 0.25) is 21.1 Å². The Labute approximate surface area is 179 Å². The van der Waals surface area contributed by atoms with Gasteiger partial charge in [-0.05, 0) is 17.6 Å². The molecule has 3 rings (SSSR count). The molecule has 156 valence electrons. The molecular weight excluding hydrogens is 420 g/mol. The minimum atomic E-state index is -3.82. The van der Waals surface area contributed by atoms with Crippen molar-refractivity contribution >= 4 is 38.5 Å². The van der Waals surface area contributed by atoms with Crippen LogP contribution in [-0.2, 0) is 14.8 Å². The van der Waals surface area contributed by atoms with Gasteiger partial charge < -0.3 is 0 Å². The summed E-state index contributed by atoms with van der Waals surface area (Å²) >= 11 is 1.22. The molecule has 2 aromatic carbocycles. The van der Waals surface area contributed by atoms with Crippen molar-refractivity contribution in [2.45, 2.75) is 19.9 Å². The van der Waals surface area contributed by atoms with Crippen molar-refractivity contribution in [3.8, 4) is 10.6 Å². The van der Waals surface area contributed by atoms with E-state index in [1.165, 1.54) is 17.4 Å². The number of aromatic nitrogens is 2. The van der Waals surface area contributed by atoms with E-state index in [4.69, 9.17) is 0 Å². The monoisotopic (exact) mass is 442 g/mol. The highest BCUT2D eigenvalue weighted by molar-refractivity contribution is 7.92. The second-order valence-corrected chi connectivity index (χ2v) is 9.44. The van der Waals surface area contributed by atoms with Crippen LogP contribution in [0.1, 0.15) is 19.4 Å². The third-order valence-electron chi connectivity index (χ3n) is 4.16. The van der Waals surface area contributed by atoms with Crippen LogP contribution in [0.15, 0.2) is 66.1 Å². The van der Waals surface area contributed by atoms with Crippen molar-refractivity contribution in [1.82, 2.24) is 14.9 Å². The van der Waals surface area contributed by atoms with Crippen LogP contribution in [-0.4, -0.2) is 30.6 Å². The Morgan fingerprint density at radius 1 is 1.00 bits per heavy atom. The topological polar surface area (TPSA) is 101 Å². The van der Waals surface area contributed by atoms with Crippen LogP contribution in [0.4, 0.5) is 5.13 Å². The van der Waals surface area contributed by atoms with Crippen molar-refractivity contribution in [1.29, 1.82) is 0 Å². The standard InChI is InChI=1S/C21H22N4O3S2/c1-15(2)18(25-30(27,28)14-13-16-9-5-3-6-10-16)19(26)22-21-24-23-20(29-21)17-11-7-4-8-12-17/h3-15,18,25H,1-2H3,(H,22,24,26). The molecule has 0 aliphatic rings. The number of nitrogens with one attached hydrogen (secondary N) is 2. The maximum atomic E-state index is 12.7. The van der Waals surface area contributed by atoms with Crippen LogP contribution in [0.25, 0.3) is 16.6 Å². The lowest BCUT2D eigenvalue weighted by atomic mass is 10.1. The van der Waals surface area contributed by atoms with Crippen LogP contribution in [0.2, 0.25) is 0 Å². The first-order valence-corrected chi connectivity index (χ1v) is 11.7. The zero-order valence-electron chi connectivity index (χ0n) is 16.5. The molecule has 2 N–H and O–H groups in total. The van der Waals surface area contributed by atoms with Gasteiger partial charge in [0, 0.05) is 11.0 Å². The molecule has 1 aromatic heterocycles. The minimum Gasteiger partial charge on any atom is -0.299 e. The average molecular weight is 443 g/mol. The Kier molecular flexibility index (Phi) is 7.09. The number of carbonyl (C=O) groups is 1. The van der Waals surface area contributed by atoms with Gasteiger partial charge in [-0.15, -0.1) is 10.2 Å². The molecule has 0 radical (unpaired) electrons. The van der Waals surface area contributed by atoms with E-state index in [0.29, 0.717) is 10.1 Å². The van der Waals surface area contributed by atoms with Crippen LogP contribution >= 0.6 is 11.3 Å². The zero-order valence-corrected chi connectivity index (χ0v) is 18.2. The van der Waals surface area contributed by atoms with Gasteiger partial charge in [-0.2, -0.15) is 4.72 Å². The molecule has 0 bridgehead atoms. The van der Waals surface area contributed by atoms with Gasteiger partial charge in [-0.3, -0.25) is 10.1 Å². The van der Waals surface area contributed by atoms with Crippen molar-refractivity contribution < 1.29 is 13.2 Å². The second kappa shape index (κ2) is 9.75. The van der Waals surface area contributed by atoms with Gasteiger partial charge in [-0.1, -0.05) is 85.8 Å². The summed E-state index contributed by atoms with van der Waals surface area (Å²) in [7, 11) is -3.82. The molecule has 7 nitrogen and oxygen atoms in total. The molecule has 0 saturated carbocycles. The molecule has 0 spiro atoms. The molecule has 0 fully saturated rings. The van der Waals surface area contributed by atoms with E-state index in [9.17, 15) is 13.2 Å². The molecule has 0 aliphatic carbocycles. The Balaban J connectivity index is 1.69. The van der Waals surface area contributed by atoms with Gasteiger partial charge in [0.25, 0.3) is 0 Å². The number of anilines is 1. The van der Waals surface area contributed by atoms with Gasteiger partial charge in [0.1, 0.15) is 11.0 Å². The zero-order chi connectivity index (χ0) is 21.6. The normalized spacial score (nSPS) is 12.9. The highest BCUT2D eigenvalue weighted by atomic mass is 32.2. The highest BCUT2D eigenvalue weighted by Gasteiger charge is 2.27. The van der Waals surface area contributed by atoms with E-state index in [1.807, 2.05) is 48.5 Å². The fourth-order valence-electron chi connectivity index (χ4n) is 2.60. The van der Waals surface area contributed by atoms with E-state index in [-0.39, 0.29) is 5.92 Å². The molecule has 0 saturated heterocycles. The van der Waals surface area contributed by atoms with E-state index < -0.39 is 22.0 Å². The molecule has 1 amide bonds. The maximum Gasteiger partial charge on any atom is 0.244 e. The molecular formula is C21H22N4O3S2. The Morgan fingerprint density at radius 3 is 2.27 bits per heavy atom. The second-order valence-electron chi connectivity index (χ2n) is 6.87. The van der Waals surface area contributed by atoms with Crippen LogP contribution in [0.5, 0.6) is 0 Å². The van der Waals surface area contributed by atoms with Crippen molar-refractivity contribution in [2.75, 3.05) is 5.32 Å². The van der Waals surface area contributed by atoms with E-state index in [2.05, 4.69) is 20.2 Å². The quantitative estimate of drug-likeness (QED) is 0.553. The molecule has 1 heterocycles. The number of amides is 1. The van der Waals surface area contributed by atoms with Gasteiger partial charge in [0.05, 0.1) is 0 Å². The van der Waals surface area contributed by atoms with Crippen LogP contribution in [0.3, 0.4) is 0 Å². The number of benzene rings is 2. The summed E-state index contributed by atoms with van der Waals surface area (Å²) in [6, 6.07) is 17.6. The molecule has 9 heteroatoms. The van der Waals surface area contributed by atoms with Crippen LogP contribution < -0.4 is 10.0 Å². The number of rotatable bonds is 8. The lowest BCUT2D eigenvalue weighted by molar-refractivity contribution is -0.118. The Morgan fingerprint density at radius 2 is 1.63 bits per heavy atom. The van der Waals surface area contributed by atoms with E-state index in [0.717, 1.165) is 16.5 Å². The Bertz CT molecular complexity index is 1110. The van der Waals surface area contributed by atoms with Gasteiger partial charge >= 0.3 is 0 Å². The average Bonchev–Trinajstić information content (AvgIpc) is 3.20. The van der Waals surface area contributed by atoms with E-state index in [1.54, 1.807) is 26.0 Å². The molecule has 30 heavy (non-hydrogen) atoms. The summed E-state index contributed by atoms with van der Waals surface area (Å²) in [6.45, 7) is 3.53. The van der Waals surface area contributed by atoms with Gasteiger partial charge in [-0.25, -0.2) is 8.42 Å². The molecule has 1 unspecified atom stereocenters.